The summed E-state index contributed by atoms with van der Waals surface area (Å²) in [6.45, 7) is 3.63. The number of ether oxygens (including phenoxy) is 1. The lowest BCUT2D eigenvalue weighted by molar-refractivity contribution is 0.0602. The fourth-order valence-corrected chi connectivity index (χ4v) is 3.02. The van der Waals surface area contributed by atoms with E-state index in [-0.39, 0.29) is 5.82 Å². The molecule has 0 fully saturated rings. The van der Waals surface area contributed by atoms with E-state index in [2.05, 4.69) is 26.3 Å². The smallest absolute Gasteiger partial charge is 0.339 e. The van der Waals surface area contributed by atoms with Gasteiger partial charge in [-0.15, -0.1) is 0 Å². The summed E-state index contributed by atoms with van der Waals surface area (Å²) in [7, 11) is 1.33. The van der Waals surface area contributed by atoms with Crippen molar-refractivity contribution in [1.29, 1.82) is 0 Å². The van der Waals surface area contributed by atoms with Crippen molar-refractivity contribution in [2.24, 2.45) is 0 Å². The van der Waals surface area contributed by atoms with Gasteiger partial charge in [-0.05, 0) is 53.5 Å². The first kappa shape index (κ1) is 18.1. The number of rotatable bonds is 4. The van der Waals surface area contributed by atoms with Gasteiger partial charge in [0.15, 0.2) is 0 Å². The normalized spacial score (nSPS) is 10.7. The highest BCUT2D eigenvalue weighted by atomic mass is 79.9. The number of anilines is 2. The van der Waals surface area contributed by atoms with Gasteiger partial charge in [0.1, 0.15) is 17.3 Å². The number of halogens is 2. The van der Waals surface area contributed by atoms with Crippen molar-refractivity contribution in [3.63, 3.8) is 0 Å². The van der Waals surface area contributed by atoms with Gasteiger partial charge < -0.3 is 10.1 Å². The third kappa shape index (κ3) is 3.22. The van der Waals surface area contributed by atoms with Crippen molar-refractivity contribution in [2.75, 3.05) is 12.4 Å². The van der Waals surface area contributed by atoms with Crippen LogP contribution in [0.1, 0.15) is 21.6 Å². The molecule has 26 heavy (non-hydrogen) atoms. The van der Waals surface area contributed by atoms with Crippen molar-refractivity contribution < 1.29 is 13.9 Å². The Morgan fingerprint density at radius 1 is 1.19 bits per heavy atom. The average Bonchev–Trinajstić information content (AvgIpc) is 2.89. The third-order valence-corrected chi connectivity index (χ3v) is 4.92. The Bertz CT molecular complexity index is 965. The summed E-state index contributed by atoms with van der Waals surface area (Å²) in [5, 5.41) is 7.63. The van der Waals surface area contributed by atoms with E-state index >= 15 is 0 Å². The van der Waals surface area contributed by atoms with Crippen molar-refractivity contribution in [3.8, 4) is 5.69 Å². The lowest BCUT2D eigenvalue weighted by Crippen LogP contribution is -2.10. The van der Waals surface area contributed by atoms with Crippen LogP contribution in [0.5, 0.6) is 0 Å². The van der Waals surface area contributed by atoms with Crippen LogP contribution in [-0.4, -0.2) is 22.9 Å². The molecule has 0 aliphatic carbocycles. The fraction of sp³-hybridized carbons (Fsp3) is 0.158. The molecular weight excluding hydrogens is 401 g/mol. The highest BCUT2D eigenvalue weighted by Crippen LogP contribution is 2.34. The monoisotopic (exact) mass is 417 g/mol. The summed E-state index contributed by atoms with van der Waals surface area (Å²) in [5.74, 6) is -0.328. The number of esters is 1. The van der Waals surface area contributed by atoms with Gasteiger partial charge in [-0.3, -0.25) is 0 Å². The second kappa shape index (κ2) is 7.29. The Labute approximate surface area is 158 Å². The molecule has 0 aliphatic rings. The lowest BCUT2D eigenvalue weighted by atomic mass is 10.1. The van der Waals surface area contributed by atoms with Gasteiger partial charge in [-0.2, -0.15) is 5.10 Å². The van der Waals surface area contributed by atoms with Gasteiger partial charge in [-0.1, -0.05) is 24.3 Å². The molecule has 1 heterocycles. The number of para-hydroxylation sites is 2. The highest BCUT2D eigenvalue weighted by Gasteiger charge is 2.20. The van der Waals surface area contributed by atoms with E-state index < -0.39 is 5.97 Å². The van der Waals surface area contributed by atoms with E-state index in [0.29, 0.717) is 32.9 Å². The first-order valence-electron chi connectivity index (χ1n) is 7.89. The Hall–Kier alpha value is -2.67. The van der Waals surface area contributed by atoms with E-state index in [0.717, 1.165) is 5.56 Å². The number of hydrogen-bond donors (Lipinski definition) is 1. The zero-order valence-corrected chi connectivity index (χ0v) is 16.1. The first-order chi connectivity index (χ1) is 12.4. The number of methoxy groups -OCH3 is 1. The molecule has 3 rings (SSSR count). The predicted molar refractivity (Wildman–Crippen MR) is 102 cm³/mol. The fourth-order valence-electron chi connectivity index (χ4n) is 2.68. The molecule has 0 radical (unpaired) electrons. The molecular formula is C19H17BrFN3O2. The molecule has 0 amide bonds. The van der Waals surface area contributed by atoms with Gasteiger partial charge in [0.2, 0.25) is 0 Å². The predicted octanol–water partition coefficient (Wildman–Crippen LogP) is 4.92. The number of aryl methyl sites for hydroxylation is 2. The number of aromatic nitrogens is 2. The van der Waals surface area contributed by atoms with E-state index in [4.69, 9.17) is 4.74 Å². The Kier molecular flexibility index (Phi) is 5.08. The lowest BCUT2D eigenvalue weighted by Gasteiger charge is -2.15. The summed E-state index contributed by atoms with van der Waals surface area (Å²) in [6, 6.07) is 11.8. The molecule has 2 aromatic carbocycles. The van der Waals surface area contributed by atoms with E-state index in [1.54, 1.807) is 30.3 Å². The molecule has 0 spiro atoms. The maximum absolute atomic E-state index is 14.5. The topological polar surface area (TPSA) is 56.1 Å². The van der Waals surface area contributed by atoms with Gasteiger partial charge in [0, 0.05) is 0 Å². The van der Waals surface area contributed by atoms with Crippen LogP contribution in [0, 0.1) is 19.7 Å². The van der Waals surface area contributed by atoms with Gasteiger partial charge in [0.25, 0.3) is 0 Å². The Morgan fingerprint density at radius 2 is 1.92 bits per heavy atom. The number of nitrogens with one attached hydrogen (secondary N) is 1. The standard InChI is InChI=1S/C19H17BrFN3O2/c1-11-7-6-9-14(21)17(11)24-18(16(20)12(2)23-24)22-15-10-5-4-8-13(15)19(25)26-3/h4-10,22H,1-3H3. The zero-order valence-electron chi connectivity index (χ0n) is 14.5. The Morgan fingerprint density at radius 3 is 2.62 bits per heavy atom. The molecule has 1 N–H and O–H groups in total. The average molecular weight is 418 g/mol. The number of nitrogens with zero attached hydrogens (tertiary/aromatic N) is 2. The molecule has 3 aromatic rings. The van der Waals surface area contributed by atoms with E-state index in [9.17, 15) is 9.18 Å². The Balaban J connectivity index is 2.15. The molecule has 134 valence electrons. The molecule has 7 heteroatoms. The van der Waals surface area contributed by atoms with Crippen LogP contribution >= 0.6 is 15.9 Å². The first-order valence-corrected chi connectivity index (χ1v) is 8.68. The molecule has 0 saturated heterocycles. The van der Waals surface area contributed by atoms with E-state index in [1.807, 2.05) is 19.9 Å². The largest absolute Gasteiger partial charge is 0.465 e. The van der Waals surface area contributed by atoms with Gasteiger partial charge in [0.05, 0.1) is 28.5 Å². The van der Waals surface area contributed by atoms with Gasteiger partial charge in [-0.25, -0.2) is 13.9 Å². The van der Waals surface area contributed by atoms with Crippen LogP contribution in [0.15, 0.2) is 46.9 Å². The van der Waals surface area contributed by atoms with Crippen LogP contribution in [0.3, 0.4) is 0 Å². The molecule has 0 unspecified atom stereocenters. The second-order valence-corrected chi connectivity index (χ2v) is 6.52. The summed E-state index contributed by atoms with van der Waals surface area (Å²) in [6.07, 6.45) is 0. The number of carbonyl (C=O) groups is 1. The molecule has 0 aliphatic heterocycles. The van der Waals surface area contributed by atoms with E-state index in [1.165, 1.54) is 17.9 Å². The number of carbonyl (C=O) groups excluding carboxylic acids is 1. The van der Waals surface area contributed by atoms with Crippen LogP contribution in [0.2, 0.25) is 0 Å². The third-order valence-electron chi connectivity index (χ3n) is 3.97. The van der Waals surface area contributed by atoms with Crippen LogP contribution in [0.25, 0.3) is 5.69 Å². The summed E-state index contributed by atoms with van der Waals surface area (Å²) in [4.78, 5) is 12.0. The molecule has 0 atom stereocenters. The maximum Gasteiger partial charge on any atom is 0.339 e. The number of benzene rings is 2. The minimum atomic E-state index is -0.464. The second-order valence-electron chi connectivity index (χ2n) is 5.73. The minimum Gasteiger partial charge on any atom is -0.465 e. The molecule has 5 nitrogen and oxygen atoms in total. The molecule has 0 saturated carbocycles. The van der Waals surface area contributed by atoms with Crippen molar-refractivity contribution in [2.45, 2.75) is 13.8 Å². The summed E-state index contributed by atoms with van der Waals surface area (Å²) in [5.41, 5.74) is 2.68. The van der Waals surface area contributed by atoms with Crippen molar-refractivity contribution >= 4 is 33.4 Å². The van der Waals surface area contributed by atoms with Crippen molar-refractivity contribution in [3.05, 3.63) is 69.6 Å². The molecule has 0 bridgehead atoms. The SMILES string of the molecule is COC(=O)c1ccccc1Nc1c(Br)c(C)nn1-c1c(C)cccc1F. The molecule has 1 aromatic heterocycles. The van der Waals surface area contributed by atoms with Gasteiger partial charge >= 0.3 is 5.97 Å². The van der Waals surface area contributed by atoms with Crippen LogP contribution in [0.4, 0.5) is 15.9 Å². The van der Waals surface area contributed by atoms with Crippen LogP contribution in [-0.2, 0) is 4.74 Å². The zero-order chi connectivity index (χ0) is 18.8. The number of hydrogen-bond acceptors (Lipinski definition) is 4. The quantitative estimate of drug-likeness (QED) is 0.611. The van der Waals surface area contributed by atoms with Crippen molar-refractivity contribution in [1.82, 2.24) is 9.78 Å². The maximum atomic E-state index is 14.5. The summed E-state index contributed by atoms with van der Waals surface area (Å²) < 4.78 is 21.5. The highest BCUT2D eigenvalue weighted by molar-refractivity contribution is 9.10. The summed E-state index contributed by atoms with van der Waals surface area (Å²) >= 11 is 3.50. The van der Waals surface area contributed by atoms with Crippen LogP contribution < -0.4 is 5.32 Å². The minimum absolute atomic E-state index is 0.347.